The number of rotatable bonds is 3. The highest BCUT2D eigenvalue weighted by atomic mass is 32.2. The van der Waals surface area contributed by atoms with Gasteiger partial charge in [0.1, 0.15) is 0 Å². The quantitative estimate of drug-likeness (QED) is 0.619. The fourth-order valence-corrected chi connectivity index (χ4v) is 2.99. The molecule has 0 amide bonds. The molecule has 0 saturated carbocycles. The average Bonchev–Trinajstić information content (AvgIpc) is 2.40. The van der Waals surface area contributed by atoms with Crippen molar-refractivity contribution in [2.45, 2.75) is 23.0 Å². The smallest absolute Gasteiger partial charge is 0.284 e. The molecule has 0 N–H and O–H groups in total. The predicted molar refractivity (Wildman–Crippen MR) is 67.5 cm³/mol. The predicted octanol–water partition coefficient (Wildman–Crippen LogP) is 2.74. The number of hydrogen-bond acceptors (Lipinski definition) is 5. The molecular formula is C12H12N2O3S. The maximum Gasteiger partial charge on any atom is 0.284 e. The molecule has 1 aromatic rings. The number of ether oxygens (including phenoxy) is 1. The highest BCUT2D eigenvalue weighted by Crippen LogP contribution is 2.36. The highest BCUT2D eigenvalue weighted by molar-refractivity contribution is 8.00. The summed E-state index contributed by atoms with van der Waals surface area (Å²) in [6, 6.07) is 6.54. The lowest BCUT2D eigenvalue weighted by atomic mass is 10.2. The van der Waals surface area contributed by atoms with Crippen LogP contribution >= 0.6 is 11.8 Å². The highest BCUT2D eigenvalue weighted by Gasteiger charge is 2.21. The molecule has 1 saturated heterocycles. The average molecular weight is 264 g/mol. The summed E-state index contributed by atoms with van der Waals surface area (Å²) in [6.07, 6.45) is 1.81. The van der Waals surface area contributed by atoms with E-state index in [2.05, 4.69) is 0 Å². The van der Waals surface area contributed by atoms with E-state index >= 15 is 0 Å². The lowest BCUT2D eigenvalue weighted by molar-refractivity contribution is -0.387. The molecule has 0 atom stereocenters. The van der Waals surface area contributed by atoms with E-state index in [1.807, 2.05) is 6.07 Å². The van der Waals surface area contributed by atoms with Crippen molar-refractivity contribution < 1.29 is 9.66 Å². The third-order valence-electron chi connectivity index (χ3n) is 2.75. The number of nitro groups is 1. The fourth-order valence-electron chi connectivity index (χ4n) is 1.80. The molecule has 0 bridgehead atoms. The molecule has 0 unspecified atom stereocenters. The van der Waals surface area contributed by atoms with Crippen LogP contribution in [0.4, 0.5) is 5.69 Å². The van der Waals surface area contributed by atoms with Gasteiger partial charge in [0.25, 0.3) is 5.69 Å². The van der Waals surface area contributed by atoms with Gasteiger partial charge in [-0.25, -0.2) is 0 Å². The third-order valence-corrected chi connectivity index (χ3v) is 4.15. The first-order chi connectivity index (χ1) is 8.70. The lowest BCUT2D eigenvalue weighted by Crippen LogP contribution is -2.17. The van der Waals surface area contributed by atoms with Crippen LogP contribution in [-0.4, -0.2) is 23.4 Å². The van der Waals surface area contributed by atoms with Gasteiger partial charge in [-0.15, -0.1) is 11.8 Å². The third kappa shape index (κ3) is 3.00. The molecule has 0 radical (unpaired) electrons. The van der Waals surface area contributed by atoms with Crippen LogP contribution in [0, 0.1) is 21.4 Å². The maximum absolute atomic E-state index is 11.0. The summed E-state index contributed by atoms with van der Waals surface area (Å²) in [5, 5.41) is 20.1. The molecule has 18 heavy (non-hydrogen) atoms. The minimum absolute atomic E-state index is 0.0190. The van der Waals surface area contributed by atoms with Gasteiger partial charge < -0.3 is 4.74 Å². The summed E-state index contributed by atoms with van der Waals surface area (Å²) in [4.78, 5) is 11.2. The zero-order chi connectivity index (χ0) is 13.0. The topological polar surface area (TPSA) is 76.2 Å². The van der Waals surface area contributed by atoms with Crippen LogP contribution in [0.5, 0.6) is 0 Å². The lowest BCUT2D eigenvalue weighted by Gasteiger charge is -2.21. The fraction of sp³-hybridized carbons (Fsp3) is 0.417. The van der Waals surface area contributed by atoms with E-state index in [1.54, 1.807) is 12.1 Å². The van der Waals surface area contributed by atoms with Gasteiger partial charge in [-0.3, -0.25) is 10.1 Å². The van der Waals surface area contributed by atoms with Crippen LogP contribution in [-0.2, 0) is 4.74 Å². The van der Waals surface area contributed by atoms with Gasteiger partial charge in [0.15, 0.2) is 0 Å². The first-order valence-corrected chi connectivity index (χ1v) is 6.51. The summed E-state index contributed by atoms with van der Waals surface area (Å²) in [5.74, 6) is 0. The molecule has 0 spiro atoms. The summed E-state index contributed by atoms with van der Waals surface area (Å²) in [6.45, 7) is 1.42. The molecule has 2 rings (SSSR count). The first-order valence-electron chi connectivity index (χ1n) is 5.63. The zero-order valence-corrected chi connectivity index (χ0v) is 10.5. The standard InChI is InChI=1S/C12H12N2O3S/c13-8-9-1-2-12(11(7-9)14(15)16)18-10-3-5-17-6-4-10/h1-2,7,10H,3-6H2. The minimum atomic E-state index is -0.428. The molecule has 1 aliphatic heterocycles. The van der Waals surface area contributed by atoms with Crippen molar-refractivity contribution in [2.75, 3.05) is 13.2 Å². The molecule has 0 aromatic heterocycles. The van der Waals surface area contributed by atoms with E-state index < -0.39 is 4.92 Å². The zero-order valence-electron chi connectivity index (χ0n) is 9.67. The van der Waals surface area contributed by atoms with Crippen LogP contribution in [0.3, 0.4) is 0 Å². The Kier molecular flexibility index (Phi) is 4.18. The Morgan fingerprint density at radius 1 is 1.44 bits per heavy atom. The van der Waals surface area contributed by atoms with Gasteiger partial charge in [-0.05, 0) is 25.0 Å². The van der Waals surface area contributed by atoms with Gasteiger partial charge in [0, 0.05) is 24.5 Å². The van der Waals surface area contributed by atoms with Crippen molar-refractivity contribution in [2.24, 2.45) is 0 Å². The molecule has 94 valence electrons. The van der Waals surface area contributed by atoms with Crippen molar-refractivity contribution in [1.82, 2.24) is 0 Å². The van der Waals surface area contributed by atoms with Gasteiger partial charge in [-0.2, -0.15) is 5.26 Å². The van der Waals surface area contributed by atoms with Gasteiger partial charge in [0.05, 0.1) is 21.5 Å². The van der Waals surface area contributed by atoms with Gasteiger partial charge >= 0.3 is 0 Å². The van der Waals surface area contributed by atoms with Gasteiger partial charge in [0.2, 0.25) is 0 Å². The number of nitriles is 1. The van der Waals surface area contributed by atoms with E-state index in [4.69, 9.17) is 10.00 Å². The minimum Gasteiger partial charge on any atom is -0.381 e. The summed E-state index contributed by atoms with van der Waals surface area (Å²) in [7, 11) is 0. The monoisotopic (exact) mass is 264 g/mol. The Morgan fingerprint density at radius 2 is 2.17 bits per heavy atom. The van der Waals surface area contributed by atoms with Crippen molar-refractivity contribution in [3.05, 3.63) is 33.9 Å². The SMILES string of the molecule is N#Cc1ccc(SC2CCOCC2)c([N+](=O)[O-])c1. The van der Waals surface area contributed by atoms with Crippen LogP contribution in [0.2, 0.25) is 0 Å². The van der Waals surface area contributed by atoms with Crippen LogP contribution in [0.1, 0.15) is 18.4 Å². The van der Waals surface area contributed by atoms with E-state index in [1.165, 1.54) is 17.8 Å². The summed E-state index contributed by atoms with van der Waals surface area (Å²) >= 11 is 1.51. The van der Waals surface area contributed by atoms with Crippen molar-refractivity contribution in [1.29, 1.82) is 5.26 Å². The number of nitrogens with zero attached hydrogens (tertiary/aromatic N) is 2. The normalized spacial score (nSPS) is 16.2. The number of thioether (sulfide) groups is 1. The molecular weight excluding hydrogens is 252 g/mol. The largest absolute Gasteiger partial charge is 0.381 e. The number of nitro benzene ring substituents is 1. The molecule has 1 aliphatic rings. The van der Waals surface area contributed by atoms with Crippen molar-refractivity contribution >= 4 is 17.4 Å². The Bertz CT molecular complexity index is 493. The second-order valence-corrected chi connectivity index (χ2v) is 5.32. The Hall–Kier alpha value is -1.58. The van der Waals surface area contributed by atoms with E-state index in [-0.39, 0.29) is 5.69 Å². The van der Waals surface area contributed by atoms with Crippen LogP contribution in [0.15, 0.2) is 23.1 Å². The molecule has 1 aromatic carbocycles. The second-order valence-electron chi connectivity index (χ2n) is 3.98. The second kappa shape index (κ2) is 5.85. The molecule has 1 heterocycles. The Labute approximate surface area is 109 Å². The van der Waals surface area contributed by atoms with Crippen molar-refractivity contribution in [3.63, 3.8) is 0 Å². The summed E-state index contributed by atoms with van der Waals surface area (Å²) < 4.78 is 5.26. The van der Waals surface area contributed by atoms with Crippen LogP contribution < -0.4 is 0 Å². The van der Waals surface area contributed by atoms with E-state index in [0.29, 0.717) is 28.9 Å². The Balaban J connectivity index is 2.21. The molecule has 6 heteroatoms. The number of hydrogen-bond donors (Lipinski definition) is 0. The first kappa shape index (κ1) is 12.9. The number of benzene rings is 1. The molecule has 5 nitrogen and oxygen atoms in total. The molecule has 0 aliphatic carbocycles. The molecule has 1 fully saturated rings. The van der Waals surface area contributed by atoms with Crippen molar-refractivity contribution in [3.8, 4) is 6.07 Å². The van der Waals surface area contributed by atoms with Gasteiger partial charge in [-0.1, -0.05) is 0 Å². The summed E-state index contributed by atoms with van der Waals surface area (Å²) in [5.41, 5.74) is 0.337. The van der Waals surface area contributed by atoms with E-state index in [0.717, 1.165) is 12.8 Å². The van der Waals surface area contributed by atoms with Crippen LogP contribution in [0.25, 0.3) is 0 Å². The Morgan fingerprint density at radius 3 is 2.78 bits per heavy atom. The maximum atomic E-state index is 11.0. The van der Waals surface area contributed by atoms with E-state index in [9.17, 15) is 10.1 Å².